The number of fused-ring (bicyclic) bond motifs is 1. The molecule has 0 amide bonds. The van der Waals surface area contributed by atoms with E-state index < -0.39 is 0 Å². The molecule has 0 nitrogen and oxygen atoms in total. The molecule has 0 bridgehead atoms. The Morgan fingerprint density at radius 1 is 1.05 bits per heavy atom. The monoisotopic (exact) mass is 496 g/mol. The molecule has 22 heavy (non-hydrogen) atoms. The fourth-order valence-corrected chi connectivity index (χ4v) is 3.01. The molecule has 3 heteroatoms. The van der Waals surface area contributed by atoms with Gasteiger partial charge in [-0.2, -0.15) is 28.7 Å². The molecule has 2 aliphatic carbocycles. The van der Waals surface area contributed by atoms with Gasteiger partial charge in [0.2, 0.25) is 0 Å². The van der Waals surface area contributed by atoms with Crippen LogP contribution in [0.15, 0.2) is 59.7 Å². The molecule has 1 atom stereocenters. The minimum absolute atomic E-state index is 0. The van der Waals surface area contributed by atoms with E-state index in [1.165, 1.54) is 36.5 Å². The normalized spacial score (nSPS) is 18.3. The van der Waals surface area contributed by atoms with Gasteiger partial charge in [0.25, 0.3) is 0 Å². The number of allylic oxidation sites excluding steroid dienone is 4. The van der Waals surface area contributed by atoms with E-state index in [1.807, 2.05) is 0 Å². The zero-order valence-electron chi connectivity index (χ0n) is 12.8. The third kappa shape index (κ3) is 5.36. The molecule has 0 saturated carbocycles. The van der Waals surface area contributed by atoms with Gasteiger partial charge in [-0.1, -0.05) is 38.2 Å². The van der Waals surface area contributed by atoms with Gasteiger partial charge in [0, 0.05) is 0 Å². The second-order valence-corrected chi connectivity index (χ2v) is 5.44. The number of benzene rings is 1. The van der Waals surface area contributed by atoms with Crippen LogP contribution in [0.3, 0.4) is 0 Å². The maximum absolute atomic E-state index is 3.36. The number of hydrogen-bond donors (Lipinski definition) is 0. The summed E-state index contributed by atoms with van der Waals surface area (Å²) in [6, 6.07) is 14.7. The molecule has 0 aromatic heterocycles. The van der Waals surface area contributed by atoms with E-state index in [4.69, 9.17) is 0 Å². The fraction of sp³-hybridized carbons (Fsp3) is 0.316. The first-order valence-corrected chi connectivity index (χ1v) is 7.26. The first kappa shape index (κ1) is 22.2. The van der Waals surface area contributed by atoms with Gasteiger partial charge >= 0.3 is 26.2 Å². The summed E-state index contributed by atoms with van der Waals surface area (Å²) in [6.07, 6.45) is 11.0. The van der Waals surface area contributed by atoms with Crippen LogP contribution in [0.2, 0.25) is 0 Å². The summed E-state index contributed by atoms with van der Waals surface area (Å²) in [5.74, 6) is 0.635. The summed E-state index contributed by atoms with van der Waals surface area (Å²) in [7, 11) is 0. The van der Waals surface area contributed by atoms with Crippen LogP contribution in [0, 0.1) is 12.0 Å². The van der Waals surface area contributed by atoms with Crippen LogP contribution < -0.4 is 34.0 Å². The zero-order chi connectivity index (χ0) is 13.1. The quantitative estimate of drug-likeness (QED) is 0.427. The van der Waals surface area contributed by atoms with Gasteiger partial charge < -0.3 is 34.0 Å². The van der Waals surface area contributed by atoms with Crippen LogP contribution in [-0.2, 0) is 26.2 Å². The van der Waals surface area contributed by atoms with Gasteiger partial charge in [-0.05, 0) is 6.42 Å². The fourth-order valence-electron chi connectivity index (χ4n) is 3.01. The SMILES string of the molecule is CC1[C-]=CC2=C1CCCC2.[Br-].[Br-].[Zr+4].c1ccc2[cH-]ccc2c1. The molecule has 4 rings (SSSR count). The van der Waals surface area contributed by atoms with E-state index in [0.29, 0.717) is 5.92 Å². The van der Waals surface area contributed by atoms with Crippen molar-refractivity contribution < 1.29 is 60.2 Å². The van der Waals surface area contributed by atoms with Crippen LogP contribution >= 0.6 is 0 Å². The van der Waals surface area contributed by atoms with Crippen molar-refractivity contribution in [3.8, 4) is 0 Å². The minimum atomic E-state index is 0. The summed E-state index contributed by atoms with van der Waals surface area (Å²) in [6.45, 7) is 2.25. The molecule has 114 valence electrons. The smallest absolute Gasteiger partial charge is 1.00 e. The van der Waals surface area contributed by atoms with Crippen molar-refractivity contribution in [3.05, 3.63) is 65.8 Å². The Hall–Kier alpha value is 0.153. The second-order valence-electron chi connectivity index (χ2n) is 5.44. The van der Waals surface area contributed by atoms with Crippen LogP contribution in [0.1, 0.15) is 32.6 Å². The summed E-state index contributed by atoms with van der Waals surface area (Å²) in [5.41, 5.74) is 3.27. The maximum atomic E-state index is 3.36. The van der Waals surface area contributed by atoms with Crippen molar-refractivity contribution in [1.82, 2.24) is 0 Å². The molecule has 0 aliphatic heterocycles. The first-order chi connectivity index (χ1) is 9.34. The third-order valence-corrected chi connectivity index (χ3v) is 4.13. The summed E-state index contributed by atoms with van der Waals surface area (Å²) >= 11 is 0. The van der Waals surface area contributed by atoms with Crippen molar-refractivity contribution in [2.24, 2.45) is 5.92 Å². The Bertz CT molecular complexity index is 595. The van der Waals surface area contributed by atoms with Gasteiger partial charge in [0.1, 0.15) is 0 Å². The van der Waals surface area contributed by atoms with Crippen LogP contribution in [0.5, 0.6) is 0 Å². The number of halogens is 2. The zero-order valence-corrected chi connectivity index (χ0v) is 18.4. The van der Waals surface area contributed by atoms with E-state index in [1.54, 1.807) is 11.1 Å². The third-order valence-electron chi connectivity index (χ3n) is 4.13. The second kappa shape index (κ2) is 10.8. The van der Waals surface area contributed by atoms with Gasteiger partial charge in [0.15, 0.2) is 0 Å². The summed E-state index contributed by atoms with van der Waals surface area (Å²) < 4.78 is 0. The molecule has 0 heterocycles. The first-order valence-electron chi connectivity index (χ1n) is 7.26. The molecule has 0 fully saturated rings. The minimum Gasteiger partial charge on any atom is -1.00 e. The molecular weight excluding hydrogens is 479 g/mol. The van der Waals surface area contributed by atoms with Crippen LogP contribution in [0.25, 0.3) is 10.8 Å². The Morgan fingerprint density at radius 2 is 1.77 bits per heavy atom. The molecule has 1 unspecified atom stereocenters. The Balaban J connectivity index is 0.000000354. The summed E-state index contributed by atoms with van der Waals surface area (Å²) in [5, 5.41) is 2.66. The van der Waals surface area contributed by atoms with Gasteiger partial charge in [-0.15, -0.1) is 29.7 Å². The van der Waals surface area contributed by atoms with E-state index in [9.17, 15) is 0 Å². The van der Waals surface area contributed by atoms with Gasteiger partial charge in [-0.3, -0.25) is 6.08 Å². The molecule has 2 aromatic carbocycles. The van der Waals surface area contributed by atoms with E-state index in [2.05, 4.69) is 61.5 Å². The van der Waals surface area contributed by atoms with Crippen molar-refractivity contribution in [1.29, 1.82) is 0 Å². The van der Waals surface area contributed by atoms with Crippen LogP contribution in [-0.4, -0.2) is 0 Å². The average molecular weight is 499 g/mol. The Kier molecular flexibility index (Phi) is 10.9. The molecule has 2 aromatic rings. The largest absolute Gasteiger partial charge is 4.00 e. The van der Waals surface area contributed by atoms with Gasteiger partial charge in [-0.25, -0.2) is 6.08 Å². The maximum Gasteiger partial charge on any atom is 4.00 e. The van der Waals surface area contributed by atoms with Gasteiger partial charge in [0.05, 0.1) is 0 Å². The molecule has 0 spiro atoms. The number of rotatable bonds is 0. The van der Waals surface area contributed by atoms with Crippen LogP contribution in [0.4, 0.5) is 0 Å². The topological polar surface area (TPSA) is 0 Å². The average Bonchev–Trinajstić information content (AvgIpc) is 3.07. The Labute approximate surface area is 174 Å². The summed E-state index contributed by atoms with van der Waals surface area (Å²) in [4.78, 5) is 0. The standard InChI is InChI=1S/C10H13.C9H7.2BrH.Zr/c1-8-6-7-9-4-2-3-5-10(8)9;1-2-5-9-7-3-6-8(9)4-1;;;/h7-8H,2-5H2,1H3;1-7H;2*1H;/q2*-1;;;+4/p-2. The molecular formula is C19H20Br2Zr. The Morgan fingerprint density at radius 3 is 2.50 bits per heavy atom. The predicted molar refractivity (Wildman–Crippen MR) is 82.0 cm³/mol. The number of hydrogen-bond acceptors (Lipinski definition) is 0. The van der Waals surface area contributed by atoms with Crippen molar-refractivity contribution in [2.75, 3.05) is 0 Å². The molecule has 2 aliphatic rings. The predicted octanol–water partition coefficient (Wildman–Crippen LogP) is -0.570. The van der Waals surface area contributed by atoms with Crippen molar-refractivity contribution in [2.45, 2.75) is 32.6 Å². The molecule has 0 radical (unpaired) electrons. The van der Waals surface area contributed by atoms with E-state index in [0.717, 1.165) is 0 Å². The van der Waals surface area contributed by atoms with E-state index >= 15 is 0 Å². The van der Waals surface area contributed by atoms with E-state index in [-0.39, 0.29) is 60.2 Å². The molecule has 0 saturated heterocycles. The van der Waals surface area contributed by atoms with Crippen molar-refractivity contribution >= 4 is 10.8 Å². The molecule has 0 N–H and O–H groups in total. The van der Waals surface area contributed by atoms with Crippen molar-refractivity contribution in [3.63, 3.8) is 0 Å².